The Labute approximate surface area is 149 Å². The van der Waals surface area contributed by atoms with Crippen LogP contribution in [0.3, 0.4) is 0 Å². The number of hydrogen-bond donors (Lipinski definition) is 1. The minimum atomic E-state index is -0.420. The number of nitrogens with zero attached hydrogens (tertiary/aromatic N) is 2. The molecule has 1 aliphatic heterocycles. The van der Waals surface area contributed by atoms with Gasteiger partial charge in [-0.1, -0.05) is 29.3 Å². The molecule has 2 amide bonds. The molecule has 1 saturated heterocycles. The normalized spacial score (nSPS) is 17.2. The number of aromatic nitrogens is 1. The number of amides is 2. The van der Waals surface area contributed by atoms with E-state index in [-0.39, 0.29) is 18.2 Å². The third-order valence-electron chi connectivity index (χ3n) is 3.85. The van der Waals surface area contributed by atoms with Crippen LogP contribution in [0, 0.1) is 5.92 Å². The molecule has 2 heterocycles. The van der Waals surface area contributed by atoms with E-state index in [1.165, 1.54) is 0 Å². The number of carbonyl (C=O) groups is 2. The SMILES string of the molecule is O=C(Nc1cc(Cl)ccc1Cl)C1CC(=O)N(Cc2ccccn2)C1. The lowest BCUT2D eigenvalue weighted by atomic mass is 10.1. The lowest BCUT2D eigenvalue weighted by molar-refractivity contribution is -0.128. The van der Waals surface area contributed by atoms with Gasteiger partial charge in [-0.25, -0.2) is 0 Å². The van der Waals surface area contributed by atoms with E-state index in [9.17, 15) is 9.59 Å². The molecular weight excluding hydrogens is 349 g/mol. The first-order valence-electron chi connectivity index (χ1n) is 7.46. The second kappa shape index (κ2) is 7.20. The zero-order valence-corrected chi connectivity index (χ0v) is 14.2. The maximum atomic E-state index is 12.4. The molecule has 1 unspecified atom stereocenters. The first-order valence-corrected chi connectivity index (χ1v) is 8.22. The molecule has 124 valence electrons. The van der Waals surface area contributed by atoms with Gasteiger partial charge in [-0.15, -0.1) is 0 Å². The van der Waals surface area contributed by atoms with Crippen molar-refractivity contribution in [2.24, 2.45) is 5.92 Å². The van der Waals surface area contributed by atoms with Gasteiger partial charge in [0.2, 0.25) is 11.8 Å². The summed E-state index contributed by atoms with van der Waals surface area (Å²) in [5, 5.41) is 3.63. The fourth-order valence-corrected chi connectivity index (χ4v) is 2.95. The molecule has 0 spiro atoms. The molecule has 1 aromatic carbocycles. The third-order valence-corrected chi connectivity index (χ3v) is 4.42. The van der Waals surface area contributed by atoms with Crippen LogP contribution in [0.4, 0.5) is 5.69 Å². The van der Waals surface area contributed by atoms with Gasteiger partial charge in [-0.3, -0.25) is 14.6 Å². The number of nitrogens with one attached hydrogen (secondary N) is 1. The molecule has 0 aliphatic carbocycles. The van der Waals surface area contributed by atoms with Crippen LogP contribution in [0.1, 0.15) is 12.1 Å². The first kappa shape index (κ1) is 16.7. The molecule has 0 bridgehead atoms. The molecule has 1 aliphatic rings. The summed E-state index contributed by atoms with van der Waals surface area (Å²) in [5.74, 6) is -0.717. The topological polar surface area (TPSA) is 62.3 Å². The highest BCUT2D eigenvalue weighted by atomic mass is 35.5. The maximum absolute atomic E-state index is 12.4. The highest BCUT2D eigenvalue weighted by molar-refractivity contribution is 6.35. The van der Waals surface area contributed by atoms with Crippen LogP contribution in [-0.4, -0.2) is 28.2 Å². The van der Waals surface area contributed by atoms with Gasteiger partial charge >= 0.3 is 0 Å². The lowest BCUT2D eigenvalue weighted by Gasteiger charge is -2.16. The first-order chi connectivity index (χ1) is 11.5. The molecule has 3 rings (SSSR count). The van der Waals surface area contributed by atoms with E-state index < -0.39 is 5.92 Å². The van der Waals surface area contributed by atoms with Crippen molar-refractivity contribution in [2.75, 3.05) is 11.9 Å². The summed E-state index contributed by atoms with van der Waals surface area (Å²) < 4.78 is 0. The average Bonchev–Trinajstić information content (AvgIpc) is 2.93. The van der Waals surface area contributed by atoms with Gasteiger partial charge in [0.25, 0.3) is 0 Å². The molecular formula is C17H15Cl2N3O2. The van der Waals surface area contributed by atoms with Crippen molar-refractivity contribution in [3.63, 3.8) is 0 Å². The molecule has 2 aromatic rings. The monoisotopic (exact) mass is 363 g/mol. The van der Waals surface area contributed by atoms with E-state index in [0.717, 1.165) is 5.69 Å². The van der Waals surface area contributed by atoms with Crippen molar-refractivity contribution >= 4 is 40.7 Å². The number of hydrogen-bond acceptors (Lipinski definition) is 3. The van der Waals surface area contributed by atoms with Gasteiger partial charge in [0.1, 0.15) is 0 Å². The molecule has 7 heteroatoms. The molecule has 24 heavy (non-hydrogen) atoms. The van der Waals surface area contributed by atoms with E-state index in [2.05, 4.69) is 10.3 Å². The second-order valence-electron chi connectivity index (χ2n) is 5.61. The summed E-state index contributed by atoms with van der Waals surface area (Å²) in [6, 6.07) is 10.4. The van der Waals surface area contributed by atoms with E-state index in [1.807, 2.05) is 18.2 Å². The standard InChI is InChI=1S/C17H15Cl2N3O2/c18-12-4-5-14(19)15(8-12)21-17(24)11-7-16(23)22(9-11)10-13-3-1-2-6-20-13/h1-6,8,11H,7,9-10H2,(H,21,24). The van der Waals surface area contributed by atoms with E-state index >= 15 is 0 Å². The quantitative estimate of drug-likeness (QED) is 0.905. The third kappa shape index (κ3) is 3.86. The van der Waals surface area contributed by atoms with Crippen molar-refractivity contribution in [3.8, 4) is 0 Å². The largest absolute Gasteiger partial charge is 0.336 e. The van der Waals surface area contributed by atoms with Crippen LogP contribution in [0.2, 0.25) is 10.0 Å². The Morgan fingerprint density at radius 1 is 1.29 bits per heavy atom. The van der Waals surface area contributed by atoms with E-state index in [1.54, 1.807) is 29.3 Å². The number of halogens is 2. The van der Waals surface area contributed by atoms with Gasteiger partial charge in [0.05, 0.1) is 28.9 Å². The summed E-state index contributed by atoms with van der Waals surface area (Å²) in [7, 11) is 0. The Morgan fingerprint density at radius 3 is 2.88 bits per heavy atom. The van der Waals surface area contributed by atoms with Gasteiger partial charge in [0.15, 0.2) is 0 Å². The average molecular weight is 364 g/mol. The van der Waals surface area contributed by atoms with Gasteiger partial charge < -0.3 is 10.2 Å². The molecule has 0 saturated carbocycles. The Balaban J connectivity index is 1.64. The second-order valence-corrected chi connectivity index (χ2v) is 6.45. The van der Waals surface area contributed by atoms with Crippen LogP contribution in [0.5, 0.6) is 0 Å². The van der Waals surface area contributed by atoms with Crippen LogP contribution >= 0.6 is 23.2 Å². The molecule has 1 N–H and O–H groups in total. The van der Waals surface area contributed by atoms with Crippen molar-refractivity contribution in [1.29, 1.82) is 0 Å². The number of anilines is 1. The summed E-state index contributed by atoms with van der Waals surface area (Å²) in [6.07, 6.45) is 1.86. The highest BCUT2D eigenvalue weighted by Gasteiger charge is 2.34. The number of benzene rings is 1. The molecule has 1 fully saturated rings. The fourth-order valence-electron chi connectivity index (χ4n) is 2.62. The summed E-state index contributed by atoms with van der Waals surface area (Å²) in [4.78, 5) is 30.4. The van der Waals surface area contributed by atoms with Crippen LogP contribution < -0.4 is 5.32 Å². The minimum absolute atomic E-state index is 0.0574. The Bertz CT molecular complexity index is 768. The summed E-state index contributed by atoms with van der Waals surface area (Å²) in [5.41, 5.74) is 1.24. The summed E-state index contributed by atoms with van der Waals surface area (Å²) in [6.45, 7) is 0.765. The number of carbonyl (C=O) groups excluding carboxylic acids is 2. The molecule has 0 radical (unpaired) electrons. The van der Waals surface area contributed by atoms with Gasteiger partial charge in [-0.05, 0) is 30.3 Å². The Morgan fingerprint density at radius 2 is 2.12 bits per heavy atom. The lowest BCUT2D eigenvalue weighted by Crippen LogP contribution is -2.28. The van der Waals surface area contributed by atoms with Crippen LogP contribution in [-0.2, 0) is 16.1 Å². The van der Waals surface area contributed by atoms with Crippen LogP contribution in [0.25, 0.3) is 0 Å². The molecule has 5 nitrogen and oxygen atoms in total. The zero-order valence-electron chi connectivity index (χ0n) is 12.7. The van der Waals surface area contributed by atoms with Crippen LogP contribution in [0.15, 0.2) is 42.6 Å². The smallest absolute Gasteiger partial charge is 0.229 e. The van der Waals surface area contributed by atoms with E-state index in [4.69, 9.17) is 23.2 Å². The molecule has 1 atom stereocenters. The Hall–Kier alpha value is -2.11. The van der Waals surface area contributed by atoms with Crippen molar-refractivity contribution < 1.29 is 9.59 Å². The van der Waals surface area contributed by atoms with Crippen molar-refractivity contribution in [3.05, 3.63) is 58.3 Å². The predicted molar refractivity (Wildman–Crippen MR) is 92.9 cm³/mol. The zero-order chi connectivity index (χ0) is 17.1. The number of pyridine rings is 1. The van der Waals surface area contributed by atoms with Gasteiger partial charge in [0, 0.05) is 24.2 Å². The Kier molecular flexibility index (Phi) is 5.02. The minimum Gasteiger partial charge on any atom is -0.336 e. The van der Waals surface area contributed by atoms with Crippen molar-refractivity contribution in [2.45, 2.75) is 13.0 Å². The fraction of sp³-hybridized carbons (Fsp3) is 0.235. The van der Waals surface area contributed by atoms with Gasteiger partial charge in [-0.2, -0.15) is 0 Å². The maximum Gasteiger partial charge on any atom is 0.229 e. The highest BCUT2D eigenvalue weighted by Crippen LogP contribution is 2.27. The number of likely N-dealkylation sites (tertiary alicyclic amines) is 1. The molecule has 1 aromatic heterocycles. The summed E-state index contributed by atoms with van der Waals surface area (Å²) >= 11 is 12.0. The predicted octanol–water partition coefficient (Wildman–Crippen LogP) is 3.38. The van der Waals surface area contributed by atoms with E-state index in [0.29, 0.717) is 28.8 Å². The van der Waals surface area contributed by atoms with Crippen molar-refractivity contribution in [1.82, 2.24) is 9.88 Å². The number of rotatable bonds is 4.